The minimum absolute atomic E-state index is 0.0584. The highest BCUT2D eigenvalue weighted by molar-refractivity contribution is 5.80. The van der Waals surface area contributed by atoms with Gasteiger partial charge in [-0.2, -0.15) is 22.8 Å². The van der Waals surface area contributed by atoms with Gasteiger partial charge in [-0.25, -0.2) is 4.98 Å². The number of aliphatic hydroxyl groups excluding tert-OH is 1. The molecule has 4 aromatic rings. The number of ether oxygens (including phenoxy) is 1. The molecule has 4 rings (SSSR count). The van der Waals surface area contributed by atoms with Crippen molar-refractivity contribution in [2.24, 2.45) is 0 Å². The molecule has 6 nitrogen and oxygen atoms in total. The molecule has 0 aliphatic heterocycles. The minimum Gasteiger partial charge on any atom is -0.394 e. The van der Waals surface area contributed by atoms with Crippen molar-refractivity contribution in [3.05, 3.63) is 72.4 Å². The molecule has 0 fully saturated rings. The van der Waals surface area contributed by atoms with E-state index in [2.05, 4.69) is 10.4 Å². The van der Waals surface area contributed by atoms with E-state index < -0.39 is 11.7 Å². The van der Waals surface area contributed by atoms with Gasteiger partial charge in [0.1, 0.15) is 5.82 Å². The van der Waals surface area contributed by atoms with Crippen LogP contribution < -0.4 is 5.32 Å². The molecule has 0 saturated carbocycles. The van der Waals surface area contributed by atoms with Crippen molar-refractivity contribution in [2.75, 3.05) is 31.7 Å². The van der Waals surface area contributed by atoms with Gasteiger partial charge in [0.25, 0.3) is 0 Å². The summed E-state index contributed by atoms with van der Waals surface area (Å²) >= 11 is 0. The molecule has 0 aliphatic rings. The lowest BCUT2D eigenvalue weighted by Crippen LogP contribution is -2.14. The topological polar surface area (TPSA) is 71.7 Å². The first-order valence-electron chi connectivity index (χ1n) is 10.0. The van der Waals surface area contributed by atoms with Crippen LogP contribution in [0, 0.1) is 0 Å². The zero-order valence-corrected chi connectivity index (χ0v) is 17.0. The summed E-state index contributed by atoms with van der Waals surface area (Å²) in [5, 5.41) is 16.4. The first-order chi connectivity index (χ1) is 15.5. The maximum Gasteiger partial charge on any atom is 0.416 e. The monoisotopic (exact) mass is 442 g/mol. The molecule has 0 saturated heterocycles. The molecular formula is C23H21F3N4O2. The van der Waals surface area contributed by atoms with Gasteiger partial charge in [0.05, 0.1) is 37.3 Å². The predicted molar refractivity (Wildman–Crippen MR) is 115 cm³/mol. The number of alkyl halides is 3. The van der Waals surface area contributed by atoms with E-state index in [1.54, 1.807) is 10.6 Å². The highest BCUT2D eigenvalue weighted by Gasteiger charge is 2.30. The van der Waals surface area contributed by atoms with Gasteiger partial charge in [-0.15, -0.1) is 0 Å². The number of hydrogen-bond acceptors (Lipinski definition) is 5. The summed E-state index contributed by atoms with van der Waals surface area (Å²) in [4.78, 5) is 4.71. The second-order valence-corrected chi connectivity index (χ2v) is 7.03. The number of halogens is 3. The van der Waals surface area contributed by atoms with Crippen molar-refractivity contribution in [1.29, 1.82) is 0 Å². The summed E-state index contributed by atoms with van der Waals surface area (Å²) in [6.07, 6.45) is -2.93. The zero-order valence-electron chi connectivity index (χ0n) is 17.0. The van der Waals surface area contributed by atoms with Gasteiger partial charge < -0.3 is 15.2 Å². The van der Waals surface area contributed by atoms with E-state index in [-0.39, 0.29) is 13.2 Å². The standard InChI is InChI=1S/C23H21F3N4O2/c24-23(25,26)18-8-4-7-17(13-18)19-15-28-30-21(27-9-11-32-12-10-31)14-20(29-22(19)30)16-5-2-1-3-6-16/h1-8,13-15,27,31H,9-12H2. The van der Waals surface area contributed by atoms with Gasteiger partial charge in [-0.3, -0.25) is 0 Å². The van der Waals surface area contributed by atoms with Crippen molar-refractivity contribution in [2.45, 2.75) is 6.18 Å². The number of rotatable bonds is 8. The molecule has 0 radical (unpaired) electrons. The van der Waals surface area contributed by atoms with Gasteiger partial charge in [-0.05, 0) is 17.7 Å². The van der Waals surface area contributed by atoms with E-state index >= 15 is 0 Å². The molecule has 2 aromatic carbocycles. The van der Waals surface area contributed by atoms with Crippen LogP contribution in [0.15, 0.2) is 66.9 Å². The second-order valence-electron chi connectivity index (χ2n) is 7.03. The average Bonchev–Trinajstić information content (AvgIpc) is 3.23. The van der Waals surface area contributed by atoms with E-state index in [0.717, 1.165) is 17.7 Å². The summed E-state index contributed by atoms with van der Waals surface area (Å²) in [5.41, 5.74) is 2.10. The van der Waals surface area contributed by atoms with E-state index in [9.17, 15) is 13.2 Å². The number of aromatic nitrogens is 3. The molecule has 0 amide bonds. The molecule has 166 valence electrons. The van der Waals surface area contributed by atoms with Crippen LogP contribution in [0.25, 0.3) is 28.0 Å². The highest BCUT2D eigenvalue weighted by atomic mass is 19.4. The van der Waals surface area contributed by atoms with Crippen molar-refractivity contribution >= 4 is 11.5 Å². The Morgan fingerprint density at radius 1 is 0.969 bits per heavy atom. The van der Waals surface area contributed by atoms with Crippen molar-refractivity contribution in [3.63, 3.8) is 0 Å². The number of nitrogens with zero attached hydrogens (tertiary/aromatic N) is 3. The summed E-state index contributed by atoms with van der Waals surface area (Å²) in [7, 11) is 0. The van der Waals surface area contributed by atoms with Crippen LogP contribution in [0.4, 0.5) is 19.0 Å². The maximum atomic E-state index is 13.2. The fraction of sp³-hybridized carbons (Fsp3) is 0.217. The second kappa shape index (κ2) is 9.37. The molecule has 0 atom stereocenters. The van der Waals surface area contributed by atoms with Crippen LogP contribution >= 0.6 is 0 Å². The number of fused-ring (bicyclic) bond motifs is 1. The molecule has 32 heavy (non-hydrogen) atoms. The Morgan fingerprint density at radius 2 is 1.75 bits per heavy atom. The molecule has 2 N–H and O–H groups in total. The highest BCUT2D eigenvalue weighted by Crippen LogP contribution is 2.34. The van der Waals surface area contributed by atoms with E-state index in [0.29, 0.717) is 41.4 Å². The van der Waals surface area contributed by atoms with Crippen LogP contribution in [-0.4, -0.2) is 46.1 Å². The molecule has 2 heterocycles. The lowest BCUT2D eigenvalue weighted by Gasteiger charge is -2.12. The lowest BCUT2D eigenvalue weighted by atomic mass is 10.1. The van der Waals surface area contributed by atoms with Crippen LogP contribution in [0.2, 0.25) is 0 Å². The number of hydrogen-bond donors (Lipinski definition) is 2. The van der Waals surface area contributed by atoms with Crippen LogP contribution in [0.1, 0.15) is 5.56 Å². The largest absolute Gasteiger partial charge is 0.416 e. The molecule has 0 unspecified atom stereocenters. The molecule has 9 heteroatoms. The number of benzene rings is 2. The number of nitrogens with one attached hydrogen (secondary N) is 1. The van der Waals surface area contributed by atoms with Crippen molar-refractivity contribution < 1.29 is 23.0 Å². The maximum absolute atomic E-state index is 13.2. The minimum atomic E-state index is -4.44. The smallest absolute Gasteiger partial charge is 0.394 e. The third-order valence-electron chi connectivity index (χ3n) is 4.83. The van der Waals surface area contributed by atoms with Crippen LogP contribution in [-0.2, 0) is 10.9 Å². The van der Waals surface area contributed by atoms with Crippen molar-refractivity contribution in [1.82, 2.24) is 14.6 Å². The van der Waals surface area contributed by atoms with Crippen LogP contribution in [0.3, 0.4) is 0 Å². The summed E-state index contributed by atoms with van der Waals surface area (Å²) in [5.74, 6) is 0.625. The predicted octanol–water partition coefficient (Wildman–Crippen LogP) is 4.50. The molecule has 0 aliphatic carbocycles. The van der Waals surface area contributed by atoms with Gasteiger partial charge in [0, 0.05) is 23.7 Å². The Balaban J connectivity index is 1.78. The van der Waals surface area contributed by atoms with E-state index in [1.165, 1.54) is 12.3 Å². The molecule has 0 spiro atoms. The first kappa shape index (κ1) is 21.8. The fourth-order valence-corrected chi connectivity index (χ4v) is 3.33. The summed E-state index contributed by atoms with van der Waals surface area (Å²) in [6, 6.07) is 16.5. The third kappa shape index (κ3) is 4.74. The third-order valence-corrected chi connectivity index (χ3v) is 4.83. The lowest BCUT2D eigenvalue weighted by molar-refractivity contribution is -0.137. The Kier molecular flexibility index (Phi) is 6.38. The summed E-state index contributed by atoms with van der Waals surface area (Å²) < 4.78 is 46.5. The molecule has 0 bridgehead atoms. The van der Waals surface area contributed by atoms with Gasteiger partial charge in [-0.1, -0.05) is 42.5 Å². The average molecular weight is 442 g/mol. The Labute approximate surface area is 182 Å². The van der Waals surface area contributed by atoms with Gasteiger partial charge >= 0.3 is 6.18 Å². The van der Waals surface area contributed by atoms with Crippen molar-refractivity contribution in [3.8, 4) is 22.4 Å². The number of aliphatic hydroxyl groups is 1. The van der Waals surface area contributed by atoms with E-state index in [4.69, 9.17) is 14.8 Å². The molecular weight excluding hydrogens is 421 g/mol. The zero-order chi connectivity index (χ0) is 22.6. The fourth-order valence-electron chi connectivity index (χ4n) is 3.33. The Hall–Kier alpha value is -3.43. The van der Waals surface area contributed by atoms with Gasteiger partial charge in [0.15, 0.2) is 5.65 Å². The van der Waals surface area contributed by atoms with Crippen LogP contribution in [0.5, 0.6) is 0 Å². The number of anilines is 1. The van der Waals surface area contributed by atoms with E-state index in [1.807, 2.05) is 36.4 Å². The Morgan fingerprint density at radius 3 is 2.50 bits per heavy atom. The SMILES string of the molecule is OCCOCCNc1cc(-c2ccccc2)nc2c(-c3cccc(C(F)(F)F)c3)cnn12. The summed E-state index contributed by atoms with van der Waals surface area (Å²) in [6.45, 7) is 1.00. The quantitative estimate of drug-likeness (QED) is 0.393. The normalized spacial score (nSPS) is 11.8. The van der Waals surface area contributed by atoms with Gasteiger partial charge in [0.2, 0.25) is 0 Å². The first-order valence-corrected chi connectivity index (χ1v) is 10.0. The molecule has 2 aromatic heterocycles. The Bertz CT molecular complexity index is 1190.